The van der Waals surface area contributed by atoms with Crippen molar-refractivity contribution in [3.63, 3.8) is 0 Å². The fraction of sp³-hybridized carbons (Fsp3) is 0.0417. The lowest BCUT2D eigenvalue weighted by Gasteiger charge is -2.26. The molecule has 3 aromatic carbocycles. The highest BCUT2D eigenvalue weighted by atomic mass is 127. The molecule has 0 aliphatic carbocycles. The van der Waals surface area contributed by atoms with Gasteiger partial charge in [-0.1, -0.05) is 28.1 Å². The Kier molecular flexibility index (Phi) is 7.85. The van der Waals surface area contributed by atoms with Crippen LogP contribution in [0.15, 0.2) is 75.2 Å². The van der Waals surface area contributed by atoms with Crippen LogP contribution in [-0.2, 0) is 16.2 Å². The number of rotatable bonds is 6. The number of hydrogen-bond acceptors (Lipinski definition) is 6. The van der Waals surface area contributed by atoms with E-state index in [1.165, 1.54) is 18.2 Å². The second kappa shape index (κ2) is 10.9. The van der Waals surface area contributed by atoms with Crippen LogP contribution in [0.1, 0.15) is 11.1 Å². The first kappa shape index (κ1) is 26.0. The lowest BCUT2D eigenvalue weighted by Crippen LogP contribution is -2.54. The molecule has 1 fully saturated rings. The number of carbonyl (C=O) groups excluding carboxylic acids is 3. The van der Waals surface area contributed by atoms with Crippen LogP contribution in [0.3, 0.4) is 0 Å². The number of halogens is 3. The Morgan fingerprint density at radius 2 is 1.78 bits per heavy atom. The summed E-state index contributed by atoms with van der Waals surface area (Å²) in [6.45, 7) is 0.0991. The van der Waals surface area contributed by atoms with Crippen LogP contribution in [0.4, 0.5) is 16.2 Å². The lowest BCUT2D eigenvalue weighted by molar-refractivity contribution is -0.384. The normalized spacial score (nSPS) is 14.7. The van der Waals surface area contributed by atoms with Crippen LogP contribution >= 0.6 is 54.5 Å². The third-order valence-electron chi connectivity index (χ3n) is 5.02. The topological polar surface area (TPSA) is 119 Å². The molecule has 1 aliphatic heterocycles. The maximum absolute atomic E-state index is 13.1. The molecule has 0 saturated carbocycles. The summed E-state index contributed by atoms with van der Waals surface area (Å²) in [5.74, 6) is -1.05. The summed E-state index contributed by atoms with van der Waals surface area (Å²) in [4.78, 5) is 49.4. The number of urea groups is 1. The van der Waals surface area contributed by atoms with Gasteiger partial charge < -0.3 is 4.74 Å². The molecule has 12 heteroatoms. The molecular formula is C24H14Br2IN3O6. The maximum Gasteiger partial charge on any atom is 0.335 e. The zero-order valence-electron chi connectivity index (χ0n) is 18.0. The molecule has 0 aromatic heterocycles. The Labute approximate surface area is 235 Å². The number of hydrogen-bond donors (Lipinski definition) is 1. The minimum absolute atomic E-state index is 0.0297. The van der Waals surface area contributed by atoms with Gasteiger partial charge in [0.25, 0.3) is 17.5 Å². The van der Waals surface area contributed by atoms with Gasteiger partial charge in [0.05, 0.1) is 18.7 Å². The molecule has 0 unspecified atom stereocenters. The highest BCUT2D eigenvalue weighted by Gasteiger charge is 2.36. The molecule has 1 N–H and O–H groups in total. The highest BCUT2D eigenvalue weighted by Crippen LogP contribution is 2.34. The van der Waals surface area contributed by atoms with E-state index in [0.29, 0.717) is 30.6 Å². The van der Waals surface area contributed by atoms with Gasteiger partial charge in [0.1, 0.15) is 17.9 Å². The number of ether oxygens (including phenoxy) is 1. The van der Waals surface area contributed by atoms with E-state index in [4.69, 9.17) is 4.74 Å². The molecule has 1 heterocycles. The predicted molar refractivity (Wildman–Crippen MR) is 147 cm³/mol. The van der Waals surface area contributed by atoms with Gasteiger partial charge in [-0.15, -0.1) is 0 Å². The van der Waals surface area contributed by atoms with E-state index in [-0.39, 0.29) is 17.9 Å². The zero-order valence-corrected chi connectivity index (χ0v) is 23.4. The van der Waals surface area contributed by atoms with Gasteiger partial charge in [0.2, 0.25) is 0 Å². The Bertz CT molecular complexity index is 1420. The van der Waals surface area contributed by atoms with E-state index in [1.807, 2.05) is 22.6 Å². The van der Waals surface area contributed by atoms with Crippen LogP contribution < -0.4 is 15.0 Å². The smallest absolute Gasteiger partial charge is 0.335 e. The molecule has 36 heavy (non-hydrogen) atoms. The monoisotopic (exact) mass is 725 g/mol. The molecule has 1 aliphatic rings. The quantitative estimate of drug-likeness (QED) is 0.110. The number of anilines is 1. The molecule has 182 valence electrons. The van der Waals surface area contributed by atoms with Gasteiger partial charge >= 0.3 is 6.03 Å². The number of nitro benzene ring substituents is 1. The van der Waals surface area contributed by atoms with Gasteiger partial charge in [0, 0.05) is 16.6 Å². The van der Waals surface area contributed by atoms with Crippen LogP contribution in [0, 0.1) is 13.7 Å². The van der Waals surface area contributed by atoms with E-state index in [9.17, 15) is 24.5 Å². The summed E-state index contributed by atoms with van der Waals surface area (Å²) in [7, 11) is 0. The Morgan fingerprint density at radius 3 is 2.44 bits per heavy atom. The maximum atomic E-state index is 13.1. The van der Waals surface area contributed by atoms with Crippen molar-refractivity contribution in [3.8, 4) is 5.75 Å². The van der Waals surface area contributed by atoms with Crippen LogP contribution in [0.25, 0.3) is 6.08 Å². The average Bonchev–Trinajstić information content (AvgIpc) is 2.82. The molecule has 0 bridgehead atoms. The fourth-order valence-corrected chi connectivity index (χ4v) is 5.40. The molecule has 0 spiro atoms. The molecule has 0 radical (unpaired) electrons. The van der Waals surface area contributed by atoms with Gasteiger partial charge in [0.15, 0.2) is 0 Å². The summed E-state index contributed by atoms with van der Waals surface area (Å²) in [6.07, 6.45) is 1.40. The van der Waals surface area contributed by atoms with Gasteiger partial charge in [-0.05, 0) is 92.1 Å². The molecule has 9 nitrogen and oxygen atoms in total. The second-order valence-corrected chi connectivity index (χ2v) is 10.4. The number of benzene rings is 3. The third-order valence-corrected chi connectivity index (χ3v) is 6.94. The van der Waals surface area contributed by atoms with Gasteiger partial charge in [-0.2, -0.15) is 0 Å². The molecule has 3 aromatic rings. The van der Waals surface area contributed by atoms with Crippen molar-refractivity contribution in [2.24, 2.45) is 0 Å². The first-order valence-electron chi connectivity index (χ1n) is 10.2. The number of nitrogens with zero attached hydrogens (tertiary/aromatic N) is 2. The van der Waals surface area contributed by atoms with Crippen molar-refractivity contribution in [2.45, 2.75) is 6.61 Å². The first-order valence-corrected chi connectivity index (χ1v) is 12.8. The summed E-state index contributed by atoms with van der Waals surface area (Å²) in [6, 6.07) is 15.2. The molecule has 1 saturated heterocycles. The third kappa shape index (κ3) is 5.65. The van der Waals surface area contributed by atoms with E-state index in [1.54, 1.807) is 48.5 Å². The minimum Gasteiger partial charge on any atom is -0.487 e. The number of barbiturate groups is 1. The Hall–Kier alpha value is -3.10. The molecule has 4 amide bonds. The van der Waals surface area contributed by atoms with Gasteiger partial charge in [-0.25, -0.2) is 9.69 Å². The number of nitrogens with one attached hydrogen (secondary N) is 1. The number of amides is 4. The van der Waals surface area contributed by atoms with E-state index in [2.05, 4.69) is 37.2 Å². The van der Waals surface area contributed by atoms with Crippen molar-refractivity contribution < 1.29 is 24.0 Å². The van der Waals surface area contributed by atoms with E-state index >= 15 is 0 Å². The average molecular weight is 727 g/mol. The van der Waals surface area contributed by atoms with Crippen molar-refractivity contribution in [1.29, 1.82) is 0 Å². The van der Waals surface area contributed by atoms with E-state index < -0.39 is 22.8 Å². The lowest BCUT2D eigenvalue weighted by atomic mass is 10.1. The van der Waals surface area contributed by atoms with Crippen LogP contribution in [0.5, 0.6) is 5.75 Å². The fourth-order valence-electron chi connectivity index (χ4n) is 3.36. The minimum atomic E-state index is -0.829. The number of non-ortho nitro benzene ring substituents is 1. The first-order chi connectivity index (χ1) is 17.1. The van der Waals surface area contributed by atoms with E-state index in [0.717, 1.165) is 9.37 Å². The Morgan fingerprint density at radius 1 is 1.06 bits per heavy atom. The second-order valence-electron chi connectivity index (χ2n) is 7.46. The molecule has 0 atom stereocenters. The molecule has 4 rings (SSSR count). The predicted octanol–water partition coefficient (Wildman–Crippen LogP) is 5.97. The van der Waals surface area contributed by atoms with Crippen LogP contribution in [0.2, 0.25) is 0 Å². The zero-order chi connectivity index (χ0) is 26.0. The summed E-state index contributed by atoms with van der Waals surface area (Å²) in [5, 5.41) is 13.2. The SMILES string of the molecule is O=C1NC(=O)N(c2ccc(Br)cc2)C(=O)/C1=C/c1cc(Br)c(OCc2cccc([N+](=O)[O-])c2)c(I)c1. The summed E-state index contributed by atoms with van der Waals surface area (Å²) < 4.78 is 7.87. The van der Waals surface area contributed by atoms with Gasteiger partial charge in [-0.3, -0.25) is 25.0 Å². The number of imide groups is 2. The van der Waals surface area contributed by atoms with Crippen molar-refractivity contribution in [1.82, 2.24) is 5.32 Å². The Balaban J connectivity index is 1.59. The standard InChI is InChI=1S/C24H14Br2IN3O6/c25-15-4-6-16(7-5-15)29-23(32)18(22(31)28-24(29)33)9-14-10-19(26)21(20(27)11-14)36-12-13-2-1-3-17(8-13)30(34)35/h1-11H,12H2,(H,28,31,33)/b18-9+. The van der Waals surface area contributed by atoms with Crippen molar-refractivity contribution >= 4 is 89.7 Å². The largest absolute Gasteiger partial charge is 0.487 e. The highest BCUT2D eigenvalue weighted by molar-refractivity contribution is 14.1. The van der Waals surface area contributed by atoms with Crippen LogP contribution in [-0.4, -0.2) is 22.8 Å². The summed E-state index contributed by atoms with van der Waals surface area (Å²) >= 11 is 8.80. The molecular weight excluding hydrogens is 713 g/mol. The number of nitro groups is 1. The van der Waals surface area contributed by atoms with Crippen molar-refractivity contribution in [3.05, 3.63) is 100.0 Å². The van der Waals surface area contributed by atoms with Crippen molar-refractivity contribution in [2.75, 3.05) is 4.90 Å². The number of carbonyl (C=O) groups is 3. The summed E-state index contributed by atoms with van der Waals surface area (Å²) in [5.41, 5.74) is 1.24.